The summed E-state index contributed by atoms with van der Waals surface area (Å²) in [6, 6.07) is 7.46. The molecule has 0 radical (unpaired) electrons. The van der Waals surface area contributed by atoms with Crippen LogP contribution in [0.5, 0.6) is 0 Å². The van der Waals surface area contributed by atoms with Crippen molar-refractivity contribution >= 4 is 16.9 Å². The molecule has 0 fully saturated rings. The van der Waals surface area contributed by atoms with E-state index in [0.717, 1.165) is 16.5 Å². The van der Waals surface area contributed by atoms with Gasteiger partial charge >= 0.3 is 0 Å². The number of hydrogen-bond donors (Lipinski definition) is 2. The van der Waals surface area contributed by atoms with E-state index >= 15 is 0 Å². The largest absolute Gasteiger partial charge is 0.464 e. The van der Waals surface area contributed by atoms with Crippen molar-refractivity contribution in [3.05, 3.63) is 36.1 Å². The van der Waals surface area contributed by atoms with Crippen LogP contribution in [0.1, 0.15) is 5.56 Å². The molecule has 0 spiro atoms. The van der Waals surface area contributed by atoms with E-state index < -0.39 is 0 Å². The van der Waals surface area contributed by atoms with Gasteiger partial charge in [0.2, 0.25) is 5.91 Å². The molecule has 0 aliphatic rings. The standard InChI is InChI=1S/C10H10N2O2/c11-12-10(13)6-7-1-2-9-8(5-7)3-4-14-9/h1-5H,6,11H2,(H,12,13). The van der Waals surface area contributed by atoms with Gasteiger partial charge in [0.15, 0.2) is 0 Å². The Morgan fingerprint density at radius 2 is 2.29 bits per heavy atom. The molecule has 1 amide bonds. The summed E-state index contributed by atoms with van der Waals surface area (Å²) in [4.78, 5) is 11.0. The van der Waals surface area contributed by atoms with Gasteiger partial charge in [0.1, 0.15) is 5.58 Å². The minimum atomic E-state index is -0.201. The molecule has 3 N–H and O–H groups in total. The first-order chi connectivity index (χ1) is 6.79. The number of furan rings is 1. The third kappa shape index (κ3) is 1.60. The highest BCUT2D eigenvalue weighted by molar-refractivity contribution is 5.82. The number of fused-ring (bicyclic) bond motifs is 1. The first kappa shape index (κ1) is 8.77. The van der Waals surface area contributed by atoms with Crippen LogP contribution in [-0.2, 0) is 11.2 Å². The first-order valence-corrected chi connectivity index (χ1v) is 4.25. The van der Waals surface area contributed by atoms with Gasteiger partial charge in [-0.15, -0.1) is 0 Å². The average molecular weight is 190 g/mol. The third-order valence-electron chi connectivity index (χ3n) is 2.04. The van der Waals surface area contributed by atoms with Crippen LogP contribution >= 0.6 is 0 Å². The van der Waals surface area contributed by atoms with Crippen LogP contribution in [0.2, 0.25) is 0 Å². The summed E-state index contributed by atoms with van der Waals surface area (Å²) in [5.41, 5.74) is 3.83. The predicted octanol–water partition coefficient (Wildman–Crippen LogP) is 0.965. The quantitative estimate of drug-likeness (QED) is 0.421. The van der Waals surface area contributed by atoms with Gasteiger partial charge < -0.3 is 4.42 Å². The van der Waals surface area contributed by atoms with E-state index in [1.807, 2.05) is 24.3 Å². The molecule has 0 saturated heterocycles. The number of benzene rings is 1. The molecule has 0 atom stereocenters. The van der Waals surface area contributed by atoms with Gasteiger partial charge in [-0.3, -0.25) is 10.2 Å². The maximum atomic E-state index is 11.0. The van der Waals surface area contributed by atoms with Gasteiger partial charge in [-0.05, 0) is 23.8 Å². The maximum Gasteiger partial charge on any atom is 0.238 e. The molecule has 0 saturated carbocycles. The normalized spacial score (nSPS) is 10.4. The lowest BCUT2D eigenvalue weighted by molar-refractivity contribution is -0.120. The lowest BCUT2D eigenvalue weighted by Gasteiger charge is -1.99. The number of nitrogens with two attached hydrogens (primary N) is 1. The fourth-order valence-corrected chi connectivity index (χ4v) is 1.36. The molecule has 0 aliphatic carbocycles. The van der Waals surface area contributed by atoms with E-state index in [9.17, 15) is 4.79 Å². The molecule has 14 heavy (non-hydrogen) atoms. The highest BCUT2D eigenvalue weighted by Gasteiger charge is 2.03. The Kier molecular flexibility index (Phi) is 2.20. The zero-order chi connectivity index (χ0) is 9.97. The van der Waals surface area contributed by atoms with E-state index in [0.29, 0.717) is 0 Å². The lowest BCUT2D eigenvalue weighted by Crippen LogP contribution is -2.31. The van der Waals surface area contributed by atoms with Crippen molar-refractivity contribution in [2.75, 3.05) is 0 Å². The Balaban J connectivity index is 2.30. The van der Waals surface area contributed by atoms with Gasteiger partial charge in [0.05, 0.1) is 12.7 Å². The molecule has 0 unspecified atom stereocenters. The van der Waals surface area contributed by atoms with Gasteiger partial charge in [0, 0.05) is 5.39 Å². The molecular formula is C10H10N2O2. The summed E-state index contributed by atoms with van der Waals surface area (Å²) in [5.74, 6) is 4.79. The Bertz CT molecular complexity index is 462. The molecule has 1 aromatic heterocycles. The molecule has 2 rings (SSSR count). The van der Waals surface area contributed by atoms with Crippen LogP contribution in [-0.4, -0.2) is 5.91 Å². The summed E-state index contributed by atoms with van der Waals surface area (Å²) in [7, 11) is 0. The van der Waals surface area contributed by atoms with Crippen molar-refractivity contribution in [1.82, 2.24) is 5.43 Å². The van der Waals surface area contributed by atoms with E-state index in [-0.39, 0.29) is 12.3 Å². The van der Waals surface area contributed by atoms with Crippen molar-refractivity contribution in [2.45, 2.75) is 6.42 Å². The number of amides is 1. The Morgan fingerprint density at radius 3 is 3.07 bits per heavy atom. The second kappa shape index (κ2) is 3.51. The smallest absolute Gasteiger partial charge is 0.238 e. The molecule has 72 valence electrons. The second-order valence-electron chi connectivity index (χ2n) is 3.04. The highest BCUT2D eigenvalue weighted by Crippen LogP contribution is 2.17. The second-order valence-corrected chi connectivity index (χ2v) is 3.04. The van der Waals surface area contributed by atoms with E-state index in [2.05, 4.69) is 5.43 Å². The molecule has 0 bridgehead atoms. The van der Waals surface area contributed by atoms with Crippen molar-refractivity contribution in [3.8, 4) is 0 Å². The monoisotopic (exact) mass is 190 g/mol. The van der Waals surface area contributed by atoms with Crippen molar-refractivity contribution in [1.29, 1.82) is 0 Å². The van der Waals surface area contributed by atoms with Crippen LogP contribution in [0.4, 0.5) is 0 Å². The molecule has 4 heteroatoms. The Morgan fingerprint density at radius 1 is 1.43 bits per heavy atom. The van der Waals surface area contributed by atoms with Crippen molar-refractivity contribution in [3.63, 3.8) is 0 Å². The molecule has 0 aliphatic heterocycles. The predicted molar refractivity (Wildman–Crippen MR) is 52.2 cm³/mol. The highest BCUT2D eigenvalue weighted by atomic mass is 16.3. The molecular weight excluding hydrogens is 180 g/mol. The third-order valence-corrected chi connectivity index (χ3v) is 2.04. The van der Waals surface area contributed by atoms with Crippen LogP contribution in [0.15, 0.2) is 34.9 Å². The molecule has 1 aromatic carbocycles. The van der Waals surface area contributed by atoms with Crippen molar-refractivity contribution in [2.24, 2.45) is 5.84 Å². The zero-order valence-corrected chi connectivity index (χ0v) is 7.49. The van der Waals surface area contributed by atoms with Gasteiger partial charge in [-0.25, -0.2) is 5.84 Å². The zero-order valence-electron chi connectivity index (χ0n) is 7.49. The van der Waals surface area contributed by atoms with Crippen LogP contribution < -0.4 is 11.3 Å². The fraction of sp³-hybridized carbons (Fsp3) is 0.100. The summed E-state index contributed by atoms with van der Waals surface area (Å²) >= 11 is 0. The molecule has 2 aromatic rings. The number of hydrogen-bond acceptors (Lipinski definition) is 3. The summed E-state index contributed by atoms with van der Waals surface area (Å²) < 4.78 is 5.18. The van der Waals surface area contributed by atoms with E-state index in [4.69, 9.17) is 10.3 Å². The summed E-state index contributed by atoms with van der Waals surface area (Å²) in [5, 5.41) is 0.993. The minimum absolute atomic E-state index is 0.201. The number of nitrogens with one attached hydrogen (secondary N) is 1. The van der Waals surface area contributed by atoms with Gasteiger partial charge in [-0.1, -0.05) is 6.07 Å². The topological polar surface area (TPSA) is 68.3 Å². The van der Waals surface area contributed by atoms with Crippen molar-refractivity contribution < 1.29 is 9.21 Å². The SMILES string of the molecule is NNC(=O)Cc1ccc2occc2c1. The first-order valence-electron chi connectivity index (χ1n) is 4.25. The molecule has 1 heterocycles. The fourth-order valence-electron chi connectivity index (χ4n) is 1.36. The number of carbonyl (C=O) groups excluding carboxylic acids is 1. The van der Waals surface area contributed by atoms with Crippen LogP contribution in [0.25, 0.3) is 11.0 Å². The maximum absolute atomic E-state index is 11.0. The summed E-state index contributed by atoms with van der Waals surface area (Å²) in [6.07, 6.45) is 1.91. The Hall–Kier alpha value is -1.81. The summed E-state index contributed by atoms with van der Waals surface area (Å²) in [6.45, 7) is 0. The van der Waals surface area contributed by atoms with E-state index in [1.54, 1.807) is 6.26 Å². The average Bonchev–Trinajstić information content (AvgIpc) is 2.64. The number of carbonyl (C=O) groups is 1. The number of hydrazine groups is 1. The van der Waals surface area contributed by atoms with Crippen LogP contribution in [0.3, 0.4) is 0 Å². The Labute approximate surface area is 80.7 Å². The van der Waals surface area contributed by atoms with Crippen LogP contribution in [0, 0.1) is 0 Å². The van der Waals surface area contributed by atoms with Gasteiger partial charge in [-0.2, -0.15) is 0 Å². The van der Waals surface area contributed by atoms with E-state index in [1.165, 1.54) is 0 Å². The minimum Gasteiger partial charge on any atom is -0.464 e. The number of rotatable bonds is 2. The lowest BCUT2D eigenvalue weighted by atomic mass is 10.1. The van der Waals surface area contributed by atoms with Gasteiger partial charge in [0.25, 0.3) is 0 Å². The molecule has 4 nitrogen and oxygen atoms in total.